The van der Waals surface area contributed by atoms with Gasteiger partial charge in [-0.2, -0.15) is 9.40 Å². The molecule has 3 aromatic rings. The van der Waals surface area contributed by atoms with Crippen LogP contribution in [0.2, 0.25) is 5.02 Å². The smallest absolute Gasteiger partial charge is 0.266 e. The summed E-state index contributed by atoms with van der Waals surface area (Å²) in [5, 5.41) is 8.26. The molecule has 0 bridgehead atoms. The monoisotopic (exact) mass is 619 g/mol. The van der Waals surface area contributed by atoms with E-state index in [0.717, 1.165) is 17.1 Å². The SMILES string of the molecule is COCCNC(=O)[C@@H]1CN(S(=O)(=O)c2ccc3c(Cl)c[nH]c3c2)CC(=O)N1CC1CCN(c2ccc(=O)n(C)n2)CC1. The number of rotatable bonds is 9. The zero-order valence-electron chi connectivity index (χ0n) is 23.5. The minimum Gasteiger partial charge on any atom is -0.383 e. The molecule has 13 nitrogen and oxygen atoms in total. The van der Waals surface area contributed by atoms with E-state index in [1.165, 1.54) is 34.9 Å². The third-order valence-electron chi connectivity index (χ3n) is 7.87. The van der Waals surface area contributed by atoms with Crippen molar-refractivity contribution in [2.24, 2.45) is 13.0 Å². The number of aromatic nitrogens is 3. The number of amides is 2. The first kappa shape index (κ1) is 30.0. The topological polar surface area (TPSA) is 150 Å². The molecule has 4 heterocycles. The number of ether oxygens (including phenoxy) is 1. The Hall–Kier alpha value is -3.46. The number of methoxy groups -OCH3 is 1. The number of H-pyrrole nitrogens is 1. The molecule has 15 heteroatoms. The van der Waals surface area contributed by atoms with E-state index in [1.807, 2.05) is 0 Å². The third-order valence-corrected chi connectivity index (χ3v) is 9.99. The van der Waals surface area contributed by atoms with Gasteiger partial charge in [0.25, 0.3) is 5.56 Å². The van der Waals surface area contributed by atoms with Crippen molar-refractivity contribution in [3.63, 3.8) is 0 Å². The molecule has 1 aromatic carbocycles. The number of hydrogen-bond acceptors (Lipinski definition) is 8. The van der Waals surface area contributed by atoms with Crippen molar-refractivity contribution in [2.45, 2.75) is 23.8 Å². The molecule has 42 heavy (non-hydrogen) atoms. The highest BCUT2D eigenvalue weighted by atomic mass is 35.5. The molecule has 2 aliphatic rings. The Morgan fingerprint density at radius 3 is 2.67 bits per heavy atom. The third kappa shape index (κ3) is 6.16. The van der Waals surface area contributed by atoms with Crippen LogP contribution >= 0.6 is 11.6 Å². The lowest BCUT2D eigenvalue weighted by Gasteiger charge is -2.42. The standard InChI is InChI=1S/C27H34ClN7O6S/c1-32-25(36)6-5-24(31-32)33-10-7-18(8-11-33)15-35-23(27(38)29-9-12-41-2)16-34(17-26(35)37)42(39,40)19-3-4-20-21(28)14-30-22(20)13-19/h3-6,13-14,18,23,30H,7-12,15-17H2,1-2H3,(H,29,38)/t23-/m0/s1. The molecule has 0 aliphatic carbocycles. The van der Waals surface area contributed by atoms with Crippen molar-refractivity contribution in [2.75, 3.05) is 57.9 Å². The van der Waals surface area contributed by atoms with Gasteiger partial charge in [0, 0.05) is 70.0 Å². The van der Waals surface area contributed by atoms with Gasteiger partial charge in [0.05, 0.1) is 23.1 Å². The summed E-state index contributed by atoms with van der Waals surface area (Å²) in [4.78, 5) is 45.1. The van der Waals surface area contributed by atoms with Crippen LogP contribution in [0, 0.1) is 5.92 Å². The zero-order chi connectivity index (χ0) is 30.0. The molecule has 0 unspecified atom stereocenters. The van der Waals surface area contributed by atoms with Crippen LogP contribution < -0.4 is 15.8 Å². The number of carbonyl (C=O) groups excluding carboxylic acids is 2. The predicted octanol–water partition coefficient (Wildman–Crippen LogP) is 0.796. The molecule has 226 valence electrons. The Morgan fingerprint density at radius 1 is 1.19 bits per heavy atom. The first-order valence-corrected chi connectivity index (χ1v) is 15.5. The van der Waals surface area contributed by atoms with Gasteiger partial charge >= 0.3 is 0 Å². The molecule has 2 aromatic heterocycles. The van der Waals surface area contributed by atoms with E-state index in [4.69, 9.17) is 16.3 Å². The van der Waals surface area contributed by atoms with Crippen molar-refractivity contribution < 1.29 is 22.7 Å². The number of nitrogens with zero attached hydrogens (tertiary/aromatic N) is 5. The summed E-state index contributed by atoms with van der Waals surface area (Å²) in [6, 6.07) is 6.74. The van der Waals surface area contributed by atoms with Crippen molar-refractivity contribution in [3.05, 3.63) is 51.9 Å². The molecule has 1 atom stereocenters. The maximum Gasteiger partial charge on any atom is 0.266 e. The number of sulfonamides is 1. The van der Waals surface area contributed by atoms with Crippen molar-refractivity contribution in [1.29, 1.82) is 0 Å². The summed E-state index contributed by atoms with van der Waals surface area (Å²) in [5.74, 6) is -0.0440. The molecular formula is C27H34ClN7O6S. The number of carbonyl (C=O) groups is 2. The first-order valence-electron chi connectivity index (χ1n) is 13.7. The Morgan fingerprint density at radius 2 is 1.95 bits per heavy atom. The van der Waals surface area contributed by atoms with Crippen LogP contribution in [0.4, 0.5) is 5.82 Å². The van der Waals surface area contributed by atoms with E-state index < -0.39 is 27.9 Å². The second-order valence-corrected chi connectivity index (χ2v) is 12.9. The second kappa shape index (κ2) is 12.4. The molecule has 0 radical (unpaired) electrons. The lowest BCUT2D eigenvalue weighted by Crippen LogP contribution is -2.63. The molecule has 0 saturated carbocycles. The molecule has 2 aliphatic heterocycles. The highest BCUT2D eigenvalue weighted by Gasteiger charge is 2.42. The quantitative estimate of drug-likeness (QED) is 0.334. The lowest BCUT2D eigenvalue weighted by molar-refractivity contribution is -0.145. The molecule has 2 N–H and O–H groups in total. The van der Waals surface area contributed by atoms with E-state index >= 15 is 0 Å². The number of nitrogens with one attached hydrogen (secondary N) is 2. The second-order valence-electron chi connectivity index (χ2n) is 10.6. The molecule has 5 rings (SSSR count). The molecule has 2 amide bonds. The summed E-state index contributed by atoms with van der Waals surface area (Å²) < 4.78 is 34.7. The van der Waals surface area contributed by atoms with Gasteiger partial charge in [0.2, 0.25) is 21.8 Å². The predicted molar refractivity (Wildman–Crippen MR) is 157 cm³/mol. The van der Waals surface area contributed by atoms with E-state index in [9.17, 15) is 22.8 Å². The van der Waals surface area contributed by atoms with Crippen LogP contribution in [0.3, 0.4) is 0 Å². The van der Waals surface area contributed by atoms with Crippen LogP contribution in [0.15, 0.2) is 46.2 Å². The average Bonchev–Trinajstić information content (AvgIpc) is 3.35. The number of hydrogen-bond donors (Lipinski definition) is 2. The van der Waals surface area contributed by atoms with Crippen LogP contribution in [0.1, 0.15) is 12.8 Å². The van der Waals surface area contributed by atoms with E-state index in [-0.39, 0.29) is 42.6 Å². The van der Waals surface area contributed by atoms with Gasteiger partial charge in [-0.15, -0.1) is 0 Å². The average molecular weight is 620 g/mol. The fourth-order valence-electron chi connectivity index (χ4n) is 5.46. The van der Waals surface area contributed by atoms with Crippen LogP contribution in [-0.2, 0) is 31.4 Å². The number of aryl methyl sites for hydroxylation is 1. The molecule has 0 spiro atoms. The van der Waals surface area contributed by atoms with E-state index in [2.05, 4.69) is 20.3 Å². The van der Waals surface area contributed by atoms with Gasteiger partial charge in [-0.05, 0) is 43.0 Å². The number of aromatic amines is 1. The molecule has 2 fully saturated rings. The minimum atomic E-state index is -4.09. The molecular weight excluding hydrogens is 586 g/mol. The van der Waals surface area contributed by atoms with Gasteiger partial charge in [-0.1, -0.05) is 11.6 Å². The summed E-state index contributed by atoms with van der Waals surface area (Å²) >= 11 is 6.15. The number of benzene rings is 1. The highest BCUT2D eigenvalue weighted by Crippen LogP contribution is 2.29. The van der Waals surface area contributed by atoms with Crippen molar-refractivity contribution in [3.8, 4) is 0 Å². The lowest BCUT2D eigenvalue weighted by atomic mass is 9.95. The number of piperidine rings is 1. The zero-order valence-corrected chi connectivity index (χ0v) is 25.0. The van der Waals surface area contributed by atoms with Gasteiger partial charge in [-0.3, -0.25) is 14.4 Å². The Kier molecular flexibility index (Phi) is 8.87. The summed E-state index contributed by atoms with van der Waals surface area (Å²) in [6.45, 7) is 1.66. The van der Waals surface area contributed by atoms with Gasteiger partial charge in [0.15, 0.2) is 0 Å². The highest BCUT2D eigenvalue weighted by molar-refractivity contribution is 7.89. The number of anilines is 1. The van der Waals surface area contributed by atoms with E-state index in [1.54, 1.807) is 25.4 Å². The first-order chi connectivity index (χ1) is 20.1. The van der Waals surface area contributed by atoms with Crippen molar-refractivity contribution in [1.82, 2.24) is 29.3 Å². The summed E-state index contributed by atoms with van der Waals surface area (Å²) in [5.41, 5.74) is 0.372. The summed E-state index contributed by atoms with van der Waals surface area (Å²) in [6.07, 6.45) is 3.06. The number of halogens is 1. The number of piperazine rings is 1. The van der Waals surface area contributed by atoms with Crippen molar-refractivity contribution >= 4 is 50.2 Å². The number of fused-ring (bicyclic) bond motifs is 1. The normalized spacial score (nSPS) is 19.0. The van der Waals surface area contributed by atoms with E-state index in [0.29, 0.717) is 41.4 Å². The molecule has 2 saturated heterocycles. The van der Waals surface area contributed by atoms with Crippen LogP contribution in [-0.4, -0.2) is 103 Å². The van der Waals surface area contributed by atoms with Gasteiger partial charge < -0.3 is 24.8 Å². The largest absolute Gasteiger partial charge is 0.383 e. The fraction of sp³-hybridized carbons (Fsp3) is 0.481. The summed E-state index contributed by atoms with van der Waals surface area (Å²) in [7, 11) is -0.967. The van der Waals surface area contributed by atoms with Crippen LogP contribution in [0.25, 0.3) is 10.9 Å². The van der Waals surface area contributed by atoms with Crippen LogP contribution in [0.5, 0.6) is 0 Å². The Bertz CT molecular complexity index is 1630. The van der Waals surface area contributed by atoms with Gasteiger partial charge in [-0.25, -0.2) is 13.1 Å². The maximum atomic E-state index is 13.6. The fourth-order valence-corrected chi connectivity index (χ4v) is 7.11. The Labute approximate surface area is 248 Å². The minimum absolute atomic E-state index is 0.00713. The Balaban J connectivity index is 1.32. The maximum absolute atomic E-state index is 13.6. The van der Waals surface area contributed by atoms with Gasteiger partial charge in [0.1, 0.15) is 11.9 Å².